The fourth-order valence-corrected chi connectivity index (χ4v) is 2.98. The third-order valence-corrected chi connectivity index (χ3v) is 4.60. The van der Waals surface area contributed by atoms with E-state index in [9.17, 15) is 5.11 Å². The molecule has 0 spiro atoms. The molecule has 0 radical (unpaired) electrons. The molecule has 1 aromatic heterocycles. The Morgan fingerprint density at radius 1 is 1.11 bits per heavy atom. The van der Waals surface area contributed by atoms with Crippen LogP contribution in [0.2, 0.25) is 5.28 Å². The predicted octanol–water partition coefficient (Wildman–Crippen LogP) is 3.89. The van der Waals surface area contributed by atoms with Crippen LogP contribution in [0.1, 0.15) is 17.2 Å². The lowest BCUT2D eigenvalue weighted by molar-refractivity contribution is 0.261. The Balaban J connectivity index is 1.83. The Bertz CT molecular complexity index is 891. The number of hydrogen-bond acceptors (Lipinski definition) is 6. The molecule has 146 valence electrons. The minimum absolute atomic E-state index is 0.0833. The van der Waals surface area contributed by atoms with Crippen molar-refractivity contribution < 1.29 is 14.6 Å². The number of anilines is 1. The van der Waals surface area contributed by atoms with Crippen LogP contribution in [0.4, 0.5) is 5.82 Å². The van der Waals surface area contributed by atoms with E-state index in [0.717, 1.165) is 16.9 Å². The number of rotatable bonds is 8. The second-order valence-corrected chi connectivity index (χ2v) is 6.52. The summed E-state index contributed by atoms with van der Waals surface area (Å²) in [4.78, 5) is 10.2. The van der Waals surface area contributed by atoms with Crippen LogP contribution in [0, 0.1) is 0 Å². The number of nitrogens with zero attached hydrogens (tertiary/aromatic N) is 3. The molecule has 0 bridgehead atoms. The quantitative estimate of drug-likeness (QED) is 0.579. The topological polar surface area (TPSA) is 67.7 Å². The molecule has 3 aromatic rings. The molecule has 0 unspecified atom stereocenters. The van der Waals surface area contributed by atoms with Crippen molar-refractivity contribution in [1.82, 2.24) is 9.97 Å². The van der Waals surface area contributed by atoms with E-state index >= 15 is 0 Å². The second-order valence-electron chi connectivity index (χ2n) is 6.18. The summed E-state index contributed by atoms with van der Waals surface area (Å²) in [5, 5.41) is 10.1. The van der Waals surface area contributed by atoms with Crippen molar-refractivity contribution in [2.45, 2.75) is 12.6 Å². The number of hydrogen-bond donors (Lipinski definition) is 1. The fraction of sp³-hybridized carbons (Fsp3) is 0.238. The van der Waals surface area contributed by atoms with Crippen molar-refractivity contribution in [2.75, 3.05) is 25.7 Å². The van der Waals surface area contributed by atoms with Crippen LogP contribution in [0.25, 0.3) is 0 Å². The first-order chi connectivity index (χ1) is 13.6. The van der Waals surface area contributed by atoms with Crippen molar-refractivity contribution >= 4 is 17.4 Å². The monoisotopic (exact) mass is 399 g/mol. The molecule has 0 fully saturated rings. The zero-order valence-corrected chi connectivity index (χ0v) is 16.5. The van der Waals surface area contributed by atoms with Gasteiger partial charge in [-0.15, -0.1) is 0 Å². The van der Waals surface area contributed by atoms with Gasteiger partial charge in [-0.1, -0.05) is 42.5 Å². The maximum atomic E-state index is 9.96. The van der Waals surface area contributed by atoms with E-state index in [1.807, 2.05) is 66.5 Å². The van der Waals surface area contributed by atoms with Gasteiger partial charge in [-0.25, -0.2) is 4.98 Å². The van der Waals surface area contributed by atoms with Gasteiger partial charge in [-0.3, -0.25) is 0 Å². The number of benzene rings is 2. The summed E-state index contributed by atoms with van der Waals surface area (Å²) in [6.45, 7) is 0.255. The van der Waals surface area contributed by atoms with Crippen LogP contribution in [0.3, 0.4) is 0 Å². The summed E-state index contributed by atoms with van der Waals surface area (Å²) in [5.74, 6) is 1.78. The second kappa shape index (κ2) is 9.39. The van der Waals surface area contributed by atoms with E-state index < -0.39 is 0 Å². The predicted molar refractivity (Wildman–Crippen MR) is 109 cm³/mol. The molecular weight excluding hydrogens is 378 g/mol. The highest BCUT2D eigenvalue weighted by atomic mass is 35.5. The first-order valence-corrected chi connectivity index (χ1v) is 9.17. The highest BCUT2D eigenvalue weighted by molar-refractivity contribution is 6.28. The highest BCUT2D eigenvalue weighted by Gasteiger charge is 2.22. The Morgan fingerprint density at radius 3 is 2.46 bits per heavy atom. The summed E-state index contributed by atoms with van der Waals surface area (Å²) < 4.78 is 11.1. The van der Waals surface area contributed by atoms with Gasteiger partial charge < -0.3 is 19.5 Å². The lowest BCUT2D eigenvalue weighted by Crippen LogP contribution is -2.28. The molecule has 0 amide bonds. The maximum absolute atomic E-state index is 9.96. The SMILES string of the molecule is COc1ccc(COc2cnc(Cl)nc2N(C)[C@H](CO)c2ccccc2)cc1. The van der Waals surface area contributed by atoms with Crippen molar-refractivity contribution in [3.8, 4) is 11.5 Å². The van der Waals surface area contributed by atoms with Gasteiger partial charge in [0, 0.05) is 7.05 Å². The third kappa shape index (κ3) is 4.71. The van der Waals surface area contributed by atoms with Gasteiger partial charge in [0.2, 0.25) is 5.28 Å². The van der Waals surface area contributed by atoms with Crippen LogP contribution in [-0.4, -0.2) is 35.8 Å². The van der Waals surface area contributed by atoms with Crippen molar-refractivity contribution in [3.05, 3.63) is 77.2 Å². The number of likely N-dealkylation sites (N-methyl/N-ethyl adjacent to an activating group) is 1. The number of ether oxygens (including phenoxy) is 2. The zero-order chi connectivity index (χ0) is 19.9. The summed E-state index contributed by atoms with van der Waals surface area (Å²) in [7, 11) is 3.47. The van der Waals surface area contributed by atoms with E-state index in [4.69, 9.17) is 21.1 Å². The smallest absolute Gasteiger partial charge is 0.224 e. The molecule has 1 atom stereocenters. The summed E-state index contributed by atoms with van der Waals surface area (Å²) in [5.41, 5.74) is 1.94. The molecular formula is C21H22ClN3O3. The first-order valence-electron chi connectivity index (χ1n) is 8.79. The molecule has 0 saturated heterocycles. The first kappa shape index (κ1) is 19.9. The molecule has 0 aliphatic carbocycles. The summed E-state index contributed by atoms with van der Waals surface area (Å²) in [6, 6.07) is 17.0. The molecule has 2 aromatic carbocycles. The van der Waals surface area contributed by atoms with Crippen LogP contribution in [0.15, 0.2) is 60.8 Å². The number of aromatic nitrogens is 2. The number of aliphatic hydroxyl groups is 1. The van der Waals surface area contributed by atoms with Gasteiger partial charge in [0.05, 0.1) is 26.0 Å². The van der Waals surface area contributed by atoms with Crippen LogP contribution in [-0.2, 0) is 6.61 Å². The molecule has 6 nitrogen and oxygen atoms in total. The van der Waals surface area contributed by atoms with Gasteiger partial charge in [0.15, 0.2) is 11.6 Å². The standard InChI is InChI=1S/C21H22ClN3O3/c1-25(18(13-26)16-6-4-3-5-7-16)20-19(12-23-21(22)24-20)28-14-15-8-10-17(27-2)11-9-15/h3-12,18,26H,13-14H2,1-2H3/t18-/m1/s1. The molecule has 3 rings (SSSR count). The number of methoxy groups -OCH3 is 1. The third-order valence-electron chi connectivity index (χ3n) is 4.42. The lowest BCUT2D eigenvalue weighted by Gasteiger charge is -2.29. The molecule has 1 heterocycles. The minimum atomic E-state index is -0.296. The summed E-state index contributed by atoms with van der Waals surface area (Å²) >= 11 is 6.02. The normalized spacial score (nSPS) is 11.7. The Kier molecular flexibility index (Phi) is 6.68. The Hall–Kier alpha value is -2.83. The van der Waals surface area contributed by atoms with Crippen molar-refractivity contribution in [2.24, 2.45) is 0 Å². The molecule has 0 aliphatic heterocycles. The van der Waals surface area contributed by atoms with Gasteiger partial charge in [-0.05, 0) is 34.9 Å². The van der Waals surface area contributed by atoms with Crippen molar-refractivity contribution in [1.29, 1.82) is 0 Å². The molecule has 1 N–H and O–H groups in total. The van der Waals surface area contributed by atoms with Gasteiger partial charge in [0.1, 0.15) is 12.4 Å². The Labute approximate surface area is 169 Å². The molecule has 0 aliphatic rings. The van der Waals surface area contributed by atoms with Crippen LogP contribution >= 0.6 is 11.6 Å². The average Bonchev–Trinajstić information content (AvgIpc) is 2.74. The lowest BCUT2D eigenvalue weighted by atomic mass is 10.1. The minimum Gasteiger partial charge on any atom is -0.497 e. The summed E-state index contributed by atoms with van der Waals surface area (Å²) in [6.07, 6.45) is 1.55. The number of halogens is 1. The fourth-order valence-electron chi connectivity index (χ4n) is 2.85. The average molecular weight is 400 g/mol. The van der Waals surface area contributed by atoms with Crippen LogP contribution in [0.5, 0.6) is 11.5 Å². The number of aliphatic hydroxyl groups excluding tert-OH is 1. The van der Waals surface area contributed by atoms with E-state index in [2.05, 4.69) is 9.97 Å². The van der Waals surface area contributed by atoms with Gasteiger partial charge >= 0.3 is 0 Å². The van der Waals surface area contributed by atoms with Gasteiger partial charge in [0.25, 0.3) is 0 Å². The van der Waals surface area contributed by atoms with Gasteiger partial charge in [-0.2, -0.15) is 4.98 Å². The maximum Gasteiger partial charge on any atom is 0.224 e. The zero-order valence-electron chi connectivity index (χ0n) is 15.7. The highest BCUT2D eigenvalue weighted by Crippen LogP contribution is 2.32. The van der Waals surface area contributed by atoms with E-state index in [-0.39, 0.29) is 17.9 Å². The van der Waals surface area contributed by atoms with Crippen LogP contribution < -0.4 is 14.4 Å². The largest absolute Gasteiger partial charge is 0.497 e. The molecule has 7 heteroatoms. The molecule has 28 heavy (non-hydrogen) atoms. The van der Waals surface area contributed by atoms with E-state index in [0.29, 0.717) is 18.2 Å². The van der Waals surface area contributed by atoms with E-state index in [1.165, 1.54) is 0 Å². The van der Waals surface area contributed by atoms with E-state index in [1.54, 1.807) is 13.3 Å². The molecule has 0 saturated carbocycles. The Morgan fingerprint density at radius 2 is 1.82 bits per heavy atom. The van der Waals surface area contributed by atoms with Crippen molar-refractivity contribution in [3.63, 3.8) is 0 Å².